The van der Waals surface area contributed by atoms with Crippen LogP contribution < -0.4 is 59.1 Å². The van der Waals surface area contributed by atoms with E-state index in [4.69, 9.17) is 15.3 Å². The first-order valence-corrected chi connectivity index (χ1v) is 17.6. The van der Waals surface area contributed by atoms with Gasteiger partial charge in [0.25, 0.3) is 0 Å². The van der Waals surface area contributed by atoms with Gasteiger partial charge in [-0.3, -0.25) is 0 Å². The molecule has 0 heterocycles. The molecule has 186 valence electrons. The summed E-state index contributed by atoms with van der Waals surface area (Å²) >= 11 is 3.67. The number of thiol groups is 1. The van der Waals surface area contributed by atoms with Gasteiger partial charge in [-0.05, 0) is 21.6 Å². The van der Waals surface area contributed by atoms with Crippen molar-refractivity contribution in [3.63, 3.8) is 0 Å². The molecule has 31 heavy (non-hydrogen) atoms. The van der Waals surface area contributed by atoms with Gasteiger partial charge in [-0.2, -0.15) is 12.6 Å². The van der Waals surface area contributed by atoms with Gasteiger partial charge in [-0.15, -0.1) is 0 Å². The van der Waals surface area contributed by atoms with Crippen LogP contribution in [0.3, 0.4) is 0 Å². The number of aliphatic hydroxyl groups excluding tert-OH is 3. The molecule has 0 aromatic carbocycles. The molecular formula is C11H32Na2O9S9. The Kier molecular flexibility index (Phi) is 74.1. The van der Waals surface area contributed by atoms with Crippen LogP contribution in [0.15, 0.2) is 0 Å². The van der Waals surface area contributed by atoms with Gasteiger partial charge in [-0.25, -0.2) is 16.8 Å². The average Bonchev–Trinajstić information content (AvgIpc) is 2.52. The molecule has 0 bridgehead atoms. The van der Waals surface area contributed by atoms with E-state index in [2.05, 4.69) is 12.6 Å². The largest absolute Gasteiger partial charge is 1.00 e. The van der Waals surface area contributed by atoms with Crippen molar-refractivity contribution in [2.75, 3.05) is 47.2 Å². The van der Waals surface area contributed by atoms with Crippen LogP contribution in [-0.4, -0.2) is 88.5 Å². The summed E-state index contributed by atoms with van der Waals surface area (Å²) in [6, 6.07) is 0. The zero-order valence-electron chi connectivity index (χ0n) is 15.2. The van der Waals surface area contributed by atoms with Gasteiger partial charge in [0.15, 0.2) is 0 Å². The predicted molar refractivity (Wildman–Crippen MR) is 140 cm³/mol. The van der Waals surface area contributed by atoms with E-state index >= 15 is 0 Å². The first kappa shape index (κ1) is 55.6. The fraction of sp³-hybridized carbons (Fsp3) is 1.00. The van der Waals surface area contributed by atoms with Crippen LogP contribution in [-0.2, 0) is 18.3 Å². The maximum Gasteiger partial charge on any atom is 1.00 e. The Morgan fingerprint density at radius 3 is 1.13 bits per heavy atom. The van der Waals surface area contributed by atoms with E-state index in [1.807, 2.05) is 0 Å². The molecule has 0 saturated carbocycles. The molecule has 0 amide bonds. The van der Waals surface area contributed by atoms with Gasteiger partial charge in [0.2, 0.25) is 0 Å². The molecule has 0 spiro atoms. The van der Waals surface area contributed by atoms with Crippen molar-refractivity contribution in [3.05, 3.63) is 0 Å². The Hall–Kier alpha value is 4.15. The molecule has 0 aliphatic heterocycles. The Morgan fingerprint density at radius 2 is 0.935 bits per heavy atom. The number of hydrogen-bond donors (Lipinski definition) is 4. The van der Waals surface area contributed by atoms with Crippen LogP contribution in [0.2, 0.25) is 0 Å². The minimum absolute atomic E-state index is 0. The van der Waals surface area contributed by atoms with Crippen LogP contribution in [0, 0.1) is 0 Å². The normalized spacial score (nSPS) is 9.35. The van der Waals surface area contributed by atoms with Crippen molar-refractivity contribution in [3.8, 4) is 0 Å². The first-order valence-electron chi connectivity index (χ1n) is 6.16. The molecule has 0 atom stereocenters. The van der Waals surface area contributed by atoms with Crippen LogP contribution in [0.5, 0.6) is 0 Å². The third-order valence-electron chi connectivity index (χ3n) is 1.10. The van der Waals surface area contributed by atoms with Crippen LogP contribution >= 0.6 is 77.4 Å². The van der Waals surface area contributed by atoms with Gasteiger partial charge in [0.1, 0.15) is 18.3 Å². The molecule has 0 aromatic rings. The zero-order chi connectivity index (χ0) is 20.9. The molecule has 9 nitrogen and oxygen atoms in total. The van der Waals surface area contributed by atoms with E-state index in [9.17, 15) is 25.9 Å². The Bertz CT molecular complexity index is 443. The van der Waals surface area contributed by atoms with E-state index in [1.54, 1.807) is 43.2 Å². The van der Waals surface area contributed by atoms with E-state index < -0.39 is 23.4 Å². The monoisotopic (exact) mass is 642 g/mol. The van der Waals surface area contributed by atoms with Gasteiger partial charge in [-0.1, -0.05) is 65.5 Å². The summed E-state index contributed by atoms with van der Waals surface area (Å²) in [6.45, 7) is 0.696. The molecule has 0 aliphatic rings. The van der Waals surface area contributed by atoms with E-state index in [0.717, 1.165) is 16.6 Å². The molecule has 0 fully saturated rings. The maximum absolute atomic E-state index is 9.81. The molecular weight excluding hydrogens is 611 g/mol. The van der Waals surface area contributed by atoms with Crippen molar-refractivity contribution in [2.45, 2.75) is 22.3 Å². The number of hydrogen-bond acceptors (Lipinski definition) is 16. The first-order chi connectivity index (χ1) is 12.0. The topological polar surface area (TPSA) is 175 Å². The number of aliphatic hydroxyl groups is 3. The molecule has 0 saturated heterocycles. The summed E-state index contributed by atoms with van der Waals surface area (Å²) in [5.74, 6) is 2.17. The summed E-state index contributed by atoms with van der Waals surface area (Å²) in [4.78, 5) is 0. The van der Waals surface area contributed by atoms with E-state index in [0.29, 0.717) is 5.75 Å². The molecule has 20 heteroatoms. The average molecular weight is 643 g/mol. The van der Waals surface area contributed by atoms with Crippen molar-refractivity contribution < 1.29 is 100 Å². The molecule has 0 unspecified atom stereocenters. The van der Waals surface area contributed by atoms with Gasteiger partial charge >= 0.3 is 59.1 Å². The second-order valence-corrected chi connectivity index (χ2v) is 16.0. The summed E-state index contributed by atoms with van der Waals surface area (Å²) in [7, 11) is -2.43. The van der Waals surface area contributed by atoms with Gasteiger partial charge < -0.3 is 24.4 Å². The molecule has 0 aliphatic carbocycles. The van der Waals surface area contributed by atoms with Gasteiger partial charge in [0, 0.05) is 17.3 Å². The summed E-state index contributed by atoms with van der Waals surface area (Å²) in [5, 5.41) is 25.1. The van der Waals surface area contributed by atoms with Crippen LogP contribution in [0.1, 0.15) is 22.3 Å². The van der Waals surface area contributed by atoms with Crippen LogP contribution in [0.25, 0.3) is 0 Å². The Morgan fingerprint density at radius 1 is 0.645 bits per heavy atom. The molecule has 0 radical (unpaired) electrons. The minimum Gasteiger partial charge on any atom is -0.739 e. The summed E-state index contributed by atoms with van der Waals surface area (Å²) < 4.78 is 58.9. The molecule has 0 aromatic heterocycles. The van der Waals surface area contributed by atoms with Crippen LogP contribution in [0.4, 0.5) is 0 Å². The third kappa shape index (κ3) is 78.9. The van der Waals surface area contributed by atoms with E-state index in [1.165, 1.54) is 0 Å². The van der Waals surface area contributed by atoms with Crippen molar-refractivity contribution >= 4 is 95.7 Å². The summed E-state index contributed by atoms with van der Waals surface area (Å²) in [5.41, 5.74) is 0. The fourth-order valence-electron chi connectivity index (χ4n) is 0.418. The second kappa shape index (κ2) is 41.3. The Labute approximate surface area is 261 Å². The predicted octanol–water partition coefficient (Wildman–Crippen LogP) is -3.15. The molecule has 3 N–H and O–H groups in total. The zero-order valence-corrected chi connectivity index (χ0v) is 26.6. The quantitative estimate of drug-likeness (QED) is 0.0396. The van der Waals surface area contributed by atoms with Gasteiger partial charge in [0.05, 0.1) is 30.0 Å². The minimum atomic E-state index is -4.50. The maximum atomic E-state index is 9.81. The smallest absolute Gasteiger partial charge is 0.739 e. The summed E-state index contributed by atoms with van der Waals surface area (Å²) in [6.07, 6.45) is 0. The van der Waals surface area contributed by atoms with Crippen molar-refractivity contribution in [2.24, 2.45) is 0 Å². The second-order valence-electron chi connectivity index (χ2n) is 3.06. The van der Waals surface area contributed by atoms with E-state index in [-0.39, 0.29) is 123 Å². The SMILES string of the molecule is C.C.C.O=S(=O)([O-])SCSS(=O)(=O)[O-].OCCS.OCCSSCSSCCO.[Na+].[Na+]. The van der Waals surface area contributed by atoms with Crippen molar-refractivity contribution in [1.82, 2.24) is 0 Å². The third-order valence-corrected chi connectivity index (χ3v) is 11.6. The molecule has 0 rings (SSSR count). The Balaban J connectivity index is -0.0000000426. The standard InChI is InChI=1S/C5H12O2S4.C2H6OS.CH4O6S4.3CH4.2Na/c6-1-3-8-10-5-11-9-4-2-7;3-1-2-4;2-10(3,4)8-1-9-11(5,6)7;;;;;/h6-7H,1-5H2;3-4H,1-2H2;1H2,(H,2,3,4)(H,5,6,7);3*1H4;;/q;;;;;;2*+1/p-2. The number of rotatable bonds is 13. The van der Waals surface area contributed by atoms with Crippen molar-refractivity contribution in [1.29, 1.82) is 0 Å². The fourth-order valence-corrected chi connectivity index (χ4v) is 9.93.